The van der Waals surface area contributed by atoms with Gasteiger partial charge in [0.15, 0.2) is 5.96 Å². The zero-order valence-corrected chi connectivity index (χ0v) is 17.5. The normalized spacial score (nSPS) is 26.7. The fourth-order valence-corrected chi connectivity index (χ4v) is 4.39. The van der Waals surface area contributed by atoms with Crippen molar-refractivity contribution in [1.82, 2.24) is 15.1 Å². The average molecular weight is 367 g/mol. The first-order valence-corrected chi connectivity index (χ1v) is 10.0. The number of carbonyl (C=O) groups excluding carboxylic acids is 1. The van der Waals surface area contributed by atoms with Crippen molar-refractivity contribution in [1.29, 1.82) is 0 Å². The van der Waals surface area contributed by atoms with E-state index in [-0.39, 0.29) is 17.4 Å². The molecule has 2 atom stereocenters. The van der Waals surface area contributed by atoms with Crippen LogP contribution in [0.4, 0.5) is 0 Å². The van der Waals surface area contributed by atoms with E-state index in [0.717, 1.165) is 50.3 Å². The molecule has 2 rings (SSSR count). The Morgan fingerprint density at radius 2 is 1.77 bits per heavy atom. The third kappa shape index (κ3) is 5.35. The largest absolute Gasteiger partial charge is 0.469 e. The summed E-state index contributed by atoms with van der Waals surface area (Å²) in [5.41, 5.74) is 0.0865. The number of guanidine groups is 1. The van der Waals surface area contributed by atoms with Crippen LogP contribution in [0.3, 0.4) is 0 Å². The molecular formula is C20H38N4O2. The SMILES string of the molecule is CN=C(NCC(C)(C)N1CC(C)CC(C)C1)N1CCC(C(=O)OC)CC1. The van der Waals surface area contributed by atoms with Gasteiger partial charge in [-0.3, -0.25) is 14.7 Å². The molecule has 2 aliphatic rings. The number of ether oxygens (including phenoxy) is 1. The lowest BCUT2D eigenvalue weighted by atomic mass is 9.88. The summed E-state index contributed by atoms with van der Waals surface area (Å²) in [6.45, 7) is 14.3. The van der Waals surface area contributed by atoms with Crippen molar-refractivity contribution in [3.63, 3.8) is 0 Å². The smallest absolute Gasteiger partial charge is 0.308 e. The molecule has 0 bridgehead atoms. The third-order valence-corrected chi connectivity index (χ3v) is 5.94. The summed E-state index contributed by atoms with van der Waals surface area (Å²) < 4.78 is 4.88. The molecule has 0 radical (unpaired) electrons. The highest BCUT2D eigenvalue weighted by Gasteiger charge is 2.33. The minimum absolute atomic E-state index is 0.0297. The van der Waals surface area contributed by atoms with E-state index in [1.54, 1.807) is 0 Å². The van der Waals surface area contributed by atoms with Crippen molar-refractivity contribution in [2.45, 2.75) is 52.5 Å². The van der Waals surface area contributed by atoms with E-state index in [9.17, 15) is 4.79 Å². The van der Waals surface area contributed by atoms with E-state index in [2.05, 4.69) is 47.8 Å². The van der Waals surface area contributed by atoms with Crippen molar-refractivity contribution >= 4 is 11.9 Å². The first-order chi connectivity index (χ1) is 12.3. The molecule has 0 aromatic rings. The van der Waals surface area contributed by atoms with E-state index in [4.69, 9.17) is 4.74 Å². The van der Waals surface area contributed by atoms with E-state index < -0.39 is 0 Å². The Bertz CT molecular complexity index is 488. The van der Waals surface area contributed by atoms with E-state index in [1.807, 2.05) is 7.05 Å². The summed E-state index contributed by atoms with van der Waals surface area (Å²) in [6, 6.07) is 0. The van der Waals surface area contributed by atoms with Gasteiger partial charge in [0.25, 0.3) is 0 Å². The minimum atomic E-state index is -0.0814. The molecule has 0 aliphatic carbocycles. The number of rotatable bonds is 4. The molecule has 0 aromatic heterocycles. The molecule has 0 spiro atoms. The van der Waals surface area contributed by atoms with Gasteiger partial charge in [0.05, 0.1) is 13.0 Å². The molecule has 150 valence electrons. The first-order valence-electron chi connectivity index (χ1n) is 10.0. The Morgan fingerprint density at radius 1 is 1.19 bits per heavy atom. The highest BCUT2D eigenvalue weighted by molar-refractivity contribution is 5.80. The van der Waals surface area contributed by atoms with E-state index >= 15 is 0 Å². The zero-order valence-electron chi connectivity index (χ0n) is 17.5. The lowest BCUT2D eigenvalue weighted by Crippen LogP contribution is -2.58. The molecule has 2 fully saturated rings. The molecule has 26 heavy (non-hydrogen) atoms. The Hall–Kier alpha value is -1.30. The van der Waals surface area contributed by atoms with Gasteiger partial charge in [0, 0.05) is 45.3 Å². The molecule has 2 aliphatic heterocycles. The molecule has 2 unspecified atom stereocenters. The summed E-state index contributed by atoms with van der Waals surface area (Å²) in [4.78, 5) is 21.1. The highest BCUT2D eigenvalue weighted by Crippen LogP contribution is 2.27. The highest BCUT2D eigenvalue weighted by atomic mass is 16.5. The number of likely N-dealkylation sites (tertiary alicyclic amines) is 2. The Morgan fingerprint density at radius 3 is 2.27 bits per heavy atom. The number of nitrogens with zero attached hydrogens (tertiary/aromatic N) is 3. The number of hydrogen-bond acceptors (Lipinski definition) is 4. The minimum Gasteiger partial charge on any atom is -0.469 e. The fourth-order valence-electron chi connectivity index (χ4n) is 4.39. The fraction of sp³-hybridized carbons (Fsp3) is 0.900. The van der Waals surface area contributed by atoms with Crippen molar-refractivity contribution in [3.05, 3.63) is 0 Å². The number of carbonyl (C=O) groups is 1. The third-order valence-electron chi connectivity index (χ3n) is 5.94. The van der Waals surface area contributed by atoms with Crippen molar-refractivity contribution in [2.24, 2.45) is 22.7 Å². The van der Waals surface area contributed by atoms with E-state index in [0.29, 0.717) is 0 Å². The van der Waals surface area contributed by atoms with E-state index in [1.165, 1.54) is 26.6 Å². The Balaban J connectivity index is 1.87. The van der Waals surface area contributed by atoms with Gasteiger partial charge >= 0.3 is 5.97 Å². The lowest BCUT2D eigenvalue weighted by Gasteiger charge is -2.45. The quantitative estimate of drug-likeness (QED) is 0.470. The van der Waals surface area contributed by atoms with Gasteiger partial charge in [-0.25, -0.2) is 0 Å². The van der Waals surface area contributed by atoms with Gasteiger partial charge in [-0.05, 0) is 44.9 Å². The van der Waals surface area contributed by atoms with Gasteiger partial charge in [-0.15, -0.1) is 0 Å². The summed E-state index contributed by atoms with van der Waals surface area (Å²) >= 11 is 0. The number of hydrogen-bond donors (Lipinski definition) is 1. The van der Waals surface area contributed by atoms with Crippen LogP contribution in [-0.4, -0.2) is 74.1 Å². The van der Waals surface area contributed by atoms with Crippen molar-refractivity contribution in [2.75, 3.05) is 46.9 Å². The van der Waals surface area contributed by atoms with Crippen LogP contribution in [0.5, 0.6) is 0 Å². The molecule has 1 N–H and O–H groups in total. The van der Waals surface area contributed by atoms with Crippen molar-refractivity contribution < 1.29 is 9.53 Å². The van der Waals surface area contributed by atoms with Gasteiger partial charge < -0.3 is 15.0 Å². The monoisotopic (exact) mass is 366 g/mol. The standard InChI is InChI=1S/C20H38N4O2/c1-15-11-16(2)13-24(12-15)20(3,4)14-22-19(21-5)23-9-7-17(8-10-23)18(25)26-6/h15-17H,7-14H2,1-6H3,(H,21,22). The second kappa shape index (κ2) is 9.07. The molecule has 0 saturated carbocycles. The predicted octanol–water partition coefficient (Wildman–Crippen LogP) is 2.20. The summed E-state index contributed by atoms with van der Waals surface area (Å²) in [7, 11) is 3.31. The number of nitrogens with one attached hydrogen (secondary N) is 1. The van der Waals surface area contributed by atoms with Crippen LogP contribution in [0.15, 0.2) is 4.99 Å². The number of esters is 1. The number of methoxy groups -OCH3 is 1. The maximum Gasteiger partial charge on any atom is 0.308 e. The first kappa shape index (κ1) is 21.0. The zero-order chi connectivity index (χ0) is 19.3. The summed E-state index contributed by atoms with van der Waals surface area (Å²) in [5, 5.41) is 3.58. The van der Waals surface area contributed by atoms with Gasteiger partial charge in [-0.1, -0.05) is 13.8 Å². The molecule has 0 aromatic carbocycles. The second-order valence-electron chi connectivity index (χ2n) is 8.85. The van der Waals surface area contributed by atoms with Gasteiger partial charge in [0.1, 0.15) is 0 Å². The maximum atomic E-state index is 11.7. The maximum absolute atomic E-state index is 11.7. The van der Waals surface area contributed by atoms with Crippen LogP contribution in [0.25, 0.3) is 0 Å². The molecule has 2 heterocycles. The number of aliphatic imine (C=N–C) groups is 1. The van der Waals surface area contributed by atoms with Crippen LogP contribution in [0, 0.1) is 17.8 Å². The van der Waals surface area contributed by atoms with Gasteiger partial charge in [0.2, 0.25) is 0 Å². The average Bonchev–Trinajstić information content (AvgIpc) is 2.61. The topological polar surface area (TPSA) is 57.2 Å². The molecule has 2 saturated heterocycles. The van der Waals surface area contributed by atoms with Crippen LogP contribution < -0.4 is 5.32 Å². The van der Waals surface area contributed by atoms with Crippen LogP contribution in [0.1, 0.15) is 47.0 Å². The summed E-state index contributed by atoms with van der Waals surface area (Å²) in [6.07, 6.45) is 2.99. The molecule has 6 nitrogen and oxygen atoms in total. The van der Waals surface area contributed by atoms with Crippen LogP contribution in [0.2, 0.25) is 0 Å². The van der Waals surface area contributed by atoms with Gasteiger partial charge in [-0.2, -0.15) is 0 Å². The molecule has 6 heteroatoms. The number of piperidine rings is 2. The Kier molecular flexibility index (Phi) is 7.33. The van der Waals surface area contributed by atoms with Crippen LogP contribution >= 0.6 is 0 Å². The predicted molar refractivity (Wildman–Crippen MR) is 106 cm³/mol. The molecule has 0 amide bonds. The van der Waals surface area contributed by atoms with Crippen LogP contribution in [-0.2, 0) is 9.53 Å². The van der Waals surface area contributed by atoms with Crippen molar-refractivity contribution in [3.8, 4) is 0 Å². The lowest BCUT2D eigenvalue weighted by molar-refractivity contribution is -0.146. The Labute approximate surface area is 159 Å². The molecular weight excluding hydrogens is 328 g/mol. The second-order valence-corrected chi connectivity index (χ2v) is 8.85. The summed E-state index contributed by atoms with van der Waals surface area (Å²) in [5.74, 6) is 2.41.